The first-order chi connectivity index (χ1) is 7.86. The third kappa shape index (κ3) is 3.58. The zero-order valence-electron chi connectivity index (χ0n) is 11.4. The molecule has 1 aromatic rings. The van der Waals surface area contributed by atoms with Crippen molar-refractivity contribution in [1.82, 2.24) is 9.55 Å². The van der Waals surface area contributed by atoms with Crippen molar-refractivity contribution < 1.29 is 0 Å². The summed E-state index contributed by atoms with van der Waals surface area (Å²) in [6.07, 6.45) is 4.35. The lowest BCUT2D eigenvalue weighted by atomic mass is 9.88. The van der Waals surface area contributed by atoms with Gasteiger partial charge in [0.2, 0.25) is 0 Å². The van der Waals surface area contributed by atoms with Gasteiger partial charge in [-0.15, -0.1) is 0 Å². The molecule has 0 spiro atoms. The van der Waals surface area contributed by atoms with Gasteiger partial charge >= 0.3 is 0 Å². The van der Waals surface area contributed by atoms with Crippen molar-refractivity contribution in [2.45, 2.75) is 53.6 Å². The monoisotopic (exact) mass is 237 g/mol. The summed E-state index contributed by atoms with van der Waals surface area (Å²) in [5.41, 5.74) is 0.0602. The Bertz CT molecular complexity index is 417. The molecule has 0 saturated carbocycles. The Kier molecular flexibility index (Phi) is 4.32. The highest BCUT2D eigenvalue weighted by Crippen LogP contribution is 2.20. The van der Waals surface area contributed by atoms with Gasteiger partial charge in [0.05, 0.1) is 0 Å². The van der Waals surface area contributed by atoms with Crippen molar-refractivity contribution in [2.24, 2.45) is 5.41 Å². The Balaban J connectivity index is 2.93. The first-order valence-electron chi connectivity index (χ1n) is 6.18. The second-order valence-corrected chi connectivity index (χ2v) is 5.51. The average molecular weight is 237 g/mol. The zero-order chi connectivity index (χ0) is 13.1. The number of anilines is 1. The van der Waals surface area contributed by atoms with Gasteiger partial charge in [0, 0.05) is 25.0 Å². The Morgan fingerprint density at radius 1 is 1.47 bits per heavy atom. The number of hydrogen-bond donors (Lipinski definition) is 1. The molecule has 0 bridgehead atoms. The normalized spacial score (nSPS) is 13.5. The topological polar surface area (TPSA) is 46.9 Å². The molecule has 0 aliphatic carbocycles. The zero-order valence-corrected chi connectivity index (χ0v) is 11.4. The number of nitrogens with zero attached hydrogens (tertiary/aromatic N) is 2. The van der Waals surface area contributed by atoms with E-state index in [2.05, 4.69) is 44.9 Å². The van der Waals surface area contributed by atoms with E-state index in [9.17, 15) is 4.79 Å². The number of aryl methyl sites for hydroxylation is 1. The smallest absolute Gasteiger partial charge is 0.293 e. The summed E-state index contributed by atoms with van der Waals surface area (Å²) in [5, 5.41) is 3.20. The Hall–Kier alpha value is -1.32. The molecular weight excluding hydrogens is 214 g/mol. The van der Waals surface area contributed by atoms with E-state index in [1.165, 1.54) is 0 Å². The van der Waals surface area contributed by atoms with Crippen LogP contribution >= 0.6 is 0 Å². The van der Waals surface area contributed by atoms with Crippen LogP contribution in [-0.4, -0.2) is 15.6 Å². The molecular formula is C13H23N3O. The number of hydrogen-bond acceptors (Lipinski definition) is 3. The second kappa shape index (κ2) is 5.34. The molecule has 1 atom stereocenters. The van der Waals surface area contributed by atoms with Crippen molar-refractivity contribution in [3.8, 4) is 0 Å². The highest BCUT2D eigenvalue weighted by Gasteiger charge is 2.21. The molecule has 1 rings (SSSR count). The lowest BCUT2D eigenvalue weighted by Crippen LogP contribution is -2.35. The van der Waals surface area contributed by atoms with E-state index in [1.54, 1.807) is 17.0 Å². The maximum absolute atomic E-state index is 12.1. The Labute approximate surface area is 103 Å². The molecule has 1 N–H and O–H groups in total. The summed E-state index contributed by atoms with van der Waals surface area (Å²) in [7, 11) is 0. The van der Waals surface area contributed by atoms with Crippen LogP contribution in [-0.2, 0) is 6.54 Å². The van der Waals surface area contributed by atoms with E-state index in [0.717, 1.165) is 13.0 Å². The van der Waals surface area contributed by atoms with Crippen molar-refractivity contribution in [2.75, 3.05) is 5.32 Å². The van der Waals surface area contributed by atoms with Crippen LogP contribution in [0.1, 0.15) is 41.0 Å². The van der Waals surface area contributed by atoms with Crippen LogP contribution in [0.15, 0.2) is 17.2 Å². The third-order valence-corrected chi connectivity index (χ3v) is 3.03. The number of aromatic nitrogens is 2. The highest BCUT2D eigenvalue weighted by molar-refractivity contribution is 5.32. The van der Waals surface area contributed by atoms with Crippen molar-refractivity contribution in [3.63, 3.8) is 0 Å². The second-order valence-electron chi connectivity index (χ2n) is 5.51. The standard InChI is InChI=1S/C13H23N3O/c1-6-8-16-9-7-14-11(12(16)17)15-10(2)13(3,4)5/h7,9-10H,6,8H2,1-5H3,(H,14,15). The molecule has 0 amide bonds. The van der Waals surface area contributed by atoms with Crippen molar-refractivity contribution in [3.05, 3.63) is 22.7 Å². The van der Waals surface area contributed by atoms with Gasteiger partial charge in [0.15, 0.2) is 5.82 Å². The van der Waals surface area contributed by atoms with Crippen LogP contribution in [0.5, 0.6) is 0 Å². The molecule has 0 aromatic carbocycles. The van der Waals surface area contributed by atoms with Gasteiger partial charge in [0.1, 0.15) is 0 Å². The molecule has 0 aliphatic rings. The summed E-state index contributed by atoms with van der Waals surface area (Å²) >= 11 is 0. The predicted octanol–water partition coefficient (Wildman–Crippen LogP) is 2.50. The SMILES string of the molecule is CCCn1ccnc(NC(C)C(C)(C)C)c1=O. The first-order valence-corrected chi connectivity index (χ1v) is 6.18. The summed E-state index contributed by atoms with van der Waals surface area (Å²) in [6.45, 7) is 11.3. The van der Waals surface area contributed by atoms with Gasteiger partial charge in [-0.25, -0.2) is 4.98 Å². The molecule has 0 radical (unpaired) electrons. The molecule has 1 aromatic heterocycles. The molecule has 96 valence electrons. The third-order valence-electron chi connectivity index (χ3n) is 3.03. The van der Waals surface area contributed by atoms with E-state index in [4.69, 9.17) is 0 Å². The van der Waals surface area contributed by atoms with Crippen LogP contribution in [0.2, 0.25) is 0 Å². The lowest BCUT2D eigenvalue weighted by molar-refractivity contribution is 0.358. The van der Waals surface area contributed by atoms with Crippen molar-refractivity contribution >= 4 is 5.82 Å². The molecule has 4 nitrogen and oxygen atoms in total. The minimum absolute atomic E-state index is 0.0366. The molecule has 0 fully saturated rings. The lowest BCUT2D eigenvalue weighted by Gasteiger charge is -2.28. The van der Waals surface area contributed by atoms with Gasteiger partial charge in [-0.2, -0.15) is 0 Å². The van der Waals surface area contributed by atoms with Gasteiger partial charge in [0.25, 0.3) is 5.56 Å². The molecule has 4 heteroatoms. The van der Waals surface area contributed by atoms with Gasteiger partial charge < -0.3 is 9.88 Å². The fraction of sp³-hybridized carbons (Fsp3) is 0.692. The minimum Gasteiger partial charge on any atom is -0.362 e. The van der Waals surface area contributed by atoms with E-state index in [1.807, 2.05) is 0 Å². The van der Waals surface area contributed by atoms with Crippen LogP contribution in [0.3, 0.4) is 0 Å². The molecule has 1 unspecified atom stereocenters. The highest BCUT2D eigenvalue weighted by atomic mass is 16.1. The summed E-state index contributed by atoms with van der Waals surface area (Å²) in [4.78, 5) is 16.2. The average Bonchev–Trinajstić information content (AvgIpc) is 2.22. The predicted molar refractivity (Wildman–Crippen MR) is 71.3 cm³/mol. The van der Waals surface area contributed by atoms with Crippen LogP contribution in [0, 0.1) is 5.41 Å². The van der Waals surface area contributed by atoms with Gasteiger partial charge in [-0.3, -0.25) is 4.79 Å². The summed E-state index contributed by atoms with van der Waals surface area (Å²) < 4.78 is 1.70. The van der Waals surface area contributed by atoms with Crippen LogP contribution in [0.4, 0.5) is 5.82 Å². The van der Waals surface area contributed by atoms with E-state index in [-0.39, 0.29) is 17.0 Å². The minimum atomic E-state index is -0.0366. The maximum Gasteiger partial charge on any atom is 0.293 e. The largest absolute Gasteiger partial charge is 0.362 e. The molecule has 17 heavy (non-hydrogen) atoms. The Morgan fingerprint density at radius 2 is 2.12 bits per heavy atom. The number of nitrogens with one attached hydrogen (secondary N) is 1. The first kappa shape index (κ1) is 13.7. The van der Waals surface area contributed by atoms with Gasteiger partial charge in [-0.1, -0.05) is 27.7 Å². The van der Waals surface area contributed by atoms with Crippen molar-refractivity contribution in [1.29, 1.82) is 0 Å². The fourth-order valence-electron chi connectivity index (χ4n) is 1.38. The van der Waals surface area contributed by atoms with Gasteiger partial charge in [-0.05, 0) is 18.8 Å². The van der Waals surface area contributed by atoms with E-state index in [0.29, 0.717) is 5.82 Å². The summed E-state index contributed by atoms with van der Waals surface area (Å²) in [5.74, 6) is 0.448. The quantitative estimate of drug-likeness (QED) is 0.875. The molecule has 0 saturated heterocycles. The Morgan fingerprint density at radius 3 is 2.65 bits per heavy atom. The number of rotatable bonds is 4. The fourth-order valence-corrected chi connectivity index (χ4v) is 1.38. The van der Waals surface area contributed by atoms with E-state index >= 15 is 0 Å². The maximum atomic E-state index is 12.1. The molecule has 1 heterocycles. The van der Waals surface area contributed by atoms with E-state index < -0.39 is 0 Å². The summed E-state index contributed by atoms with van der Waals surface area (Å²) in [6, 6.07) is 0.195. The van der Waals surface area contributed by atoms with Crippen LogP contribution < -0.4 is 10.9 Å². The molecule has 0 aliphatic heterocycles. The van der Waals surface area contributed by atoms with Crippen LogP contribution in [0.25, 0.3) is 0 Å².